The fraction of sp³-hybridized carbons (Fsp3) is 0.500. The summed E-state index contributed by atoms with van der Waals surface area (Å²) in [4.78, 5) is 0. The number of hydrogen-bond acceptors (Lipinski definition) is 3. The van der Waals surface area contributed by atoms with Crippen LogP contribution < -0.4 is 10.5 Å². The summed E-state index contributed by atoms with van der Waals surface area (Å²) in [5.74, 6) is 0.150. The lowest BCUT2D eigenvalue weighted by Crippen LogP contribution is -2.20. The van der Waals surface area contributed by atoms with Gasteiger partial charge in [-0.1, -0.05) is 6.07 Å². The lowest BCUT2D eigenvalue weighted by molar-refractivity contribution is 0.0909. The lowest BCUT2D eigenvalue weighted by Gasteiger charge is -2.18. The first kappa shape index (κ1) is 12.9. The van der Waals surface area contributed by atoms with Gasteiger partial charge in [-0.2, -0.15) is 0 Å². The molecule has 0 heterocycles. The Morgan fingerprint density at radius 2 is 2.06 bits per heavy atom. The van der Waals surface area contributed by atoms with Crippen molar-refractivity contribution in [3.63, 3.8) is 0 Å². The summed E-state index contributed by atoms with van der Waals surface area (Å²) in [6.07, 6.45) is -0.135. The quantitative estimate of drug-likeness (QED) is 0.839. The van der Waals surface area contributed by atoms with Gasteiger partial charge in [0.1, 0.15) is 17.7 Å². The third kappa shape index (κ3) is 3.18. The molecule has 90 valence electrons. The van der Waals surface area contributed by atoms with Gasteiger partial charge in [-0.05, 0) is 26.0 Å². The minimum Gasteiger partial charge on any atom is -0.488 e. The second-order valence-electron chi connectivity index (χ2n) is 3.82. The molecule has 0 aliphatic rings. The SMILES string of the molecule is COCC(C)Oc1cccc(F)c1[C@@H](C)N. The van der Waals surface area contributed by atoms with Gasteiger partial charge in [0.05, 0.1) is 6.61 Å². The molecule has 0 saturated carbocycles. The van der Waals surface area contributed by atoms with Crippen LogP contribution in [0.4, 0.5) is 4.39 Å². The van der Waals surface area contributed by atoms with Crippen LogP contribution in [0.25, 0.3) is 0 Å². The molecular formula is C12H18FNO2. The van der Waals surface area contributed by atoms with Gasteiger partial charge < -0.3 is 15.2 Å². The summed E-state index contributed by atoms with van der Waals surface area (Å²) in [5.41, 5.74) is 6.12. The minimum absolute atomic E-state index is 0.135. The zero-order valence-corrected chi connectivity index (χ0v) is 9.87. The molecule has 0 amide bonds. The molecule has 2 atom stereocenters. The number of hydrogen-bond donors (Lipinski definition) is 1. The fourth-order valence-corrected chi connectivity index (χ4v) is 1.55. The van der Waals surface area contributed by atoms with Crippen molar-refractivity contribution in [3.05, 3.63) is 29.6 Å². The molecule has 0 spiro atoms. The Hall–Kier alpha value is -1.13. The predicted molar refractivity (Wildman–Crippen MR) is 61.0 cm³/mol. The van der Waals surface area contributed by atoms with Crippen LogP contribution in [0.2, 0.25) is 0 Å². The van der Waals surface area contributed by atoms with E-state index in [0.717, 1.165) is 0 Å². The van der Waals surface area contributed by atoms with Crippen molar-refractivity contribution >= 4 is 0 Å². The number of rotatable bonds is 5. The number of ether oxygens (including phenoxy) is 2. The van der Waals surface area contributed by atoms with Crippen molar-refractivity contribution in [1.82, 2.24) is 0 Å². The normalized spacial score (nSPS) is 14.6. The molecule has 1 unspecified atom stereocenters. The third-order valence-corrected chi connectivity index (χ3v) is 2.20. The Balaban J connectivity index is 2.90. The Kier molecular flexibility index (Phi) is 4.71. The van der Waals surface area contributed by atoms with Crippen molar-refractivity contribution in [2.24, 2.45) is 5.73 Å². The Labute approximate surface area is 95.4 Å². The summed E-state index contributed by atoms with van der Waals surface area (Å²) < 4.78 is 24.1. The van der Waals surface area contributed by atoms with E-state index in [1.807, 2.05) is 6.92 Å². The number of methoxy groups -OCH3 is 1. The van der Waals surface area contributed by atoms with Crippen LogP contribution in [-0.2, 0) is 4.74 Å². The van der Waals surface area contributed by atoms with E-state index in [0.29, 0.717) is 17.9 Å². The first-order valence-electron chi connectivity index (χ1n) is 5.25. The highest BCUT2D eigenvalue weighted by Gasteiger charge is 2.15. The monoisotopic (exact) mass is 227 g/mol. The molecule has 4 heteroatoms. The van der Waals surface area contributed by atoms with Crippen molar-refractivity contribution in [2.75, 3.05) is 13.7 Å². The van der Waals surface area contributed by atoms with Crippen molar-refractivity contribution in [1.29, 1.82) is 0 Å². The number of nitrogens with two attached hydrogens (primary N) is 1. The first-order valence-corrected chi connectivity index (χ1v) is 5.25. The minimum atomic E-state index is -0.397. The molecule has 1 aromatic carbocycles. The van der Waals surface area contributed by atoms with E-state index in [9.17, 15) is 4.39 Å². The lowest BCUT2D eigenvalue weighted by atomic mass is 10.1. The summed E-state index contributed by atoms with van der Waals surface area (Å²) in [5, 5.41) is 0. The average molecular weight is 227 g/mol. The standard InChI is InChI=1S/C12H18FNO2/c1-8(7-15-3)16-11-6-4-5-10(13)12(11)9(2)14/h4-6,8-9H,7,14H2,1-3H3/t8?,9-/m1/s1. The van der Waals surface area contributed by atoms with Crippen molar-refractivity contribution < 1.29 is 13.9 Å². The molecule has 0 aromatic heterocycles. The zero-order chi connectivity index (χ0) is 12.1. The molecule has 16 heavy (non-hydrogen) atoms. The van der Waals surface area contributed by atoms with Gasteiger partial charge in [-0.15, -0.1) is 0 Å². The first-order chi connectivity index (χ1) is 7.56. The van der Waals surface area contributed by atoms with Crippen LogP contribution in [0.5, 0.6) is 5.75 Å². The maximum absolute atomic E-state index is 13.5. The molecule has 1 aromatic rings. The van der Waals surface area contributed by atoms with E-state index >= 15 is 0 Å². The van der Waals surface area contributed by atoms with E-state index in [4.69, 9.17) is 15.2 Å². The summed E-state index contributed by atoms with van der Waals surface area (Å²) in [7, 11) is 1.60. The van der Waals surface area contributed by atoms with Gasteiger partial charge in [0.2, 0.25) is 0 Å². The maximum Gasteiger partial charge on any atom is 0.131 e. The molecule has 3 nitrogen and oxygen atoms in total. The van der Waals surface area contributed by atoms with E-state index in [-0.39, 0.29) is 11.9 Å². The Morgan fingerprint density at radius 3 is 2.62 bits per heavy atom. The fourth-order valence-electron chi connectivity index (χ4n) is 1.55. The molecule has 0 fully saturated rings. The van der Waals surface area contributed by atoms with Crippen LogP contribution in [0, 0.1) is 5.82 Å². The van der Waals surface area contributed by atoms with E-state index in [1.165, 1.54) is 6.07 Å². The highest BCUT2D eigenvalue weighted by atomic mass is 19.1. The van der Waals surface area contributed by atoms with Crippen LogP contribution in [0.1, 0.15) is 25.5 Å². The van der Waals surface area contributed by atoms with Gasteiger partial charge in [-0.25, -0.2) is 4.39 Å². The maximum atomic E-state index is 13.5. The highest BCUT2D eigenvalue weighted by molar-refractivity contribution is 5.36. The van der Waals surface area contributed by atoms with Crippen LogP contribution in [0.15, 0.2) is 18.2 Å². The van der Waals surface area contributed by atoms with Gasteiger partial charge in [0, 0.05) is 18.7 Å². The van der Waals surface area contributed by atoms with Gasteiger partial charge >= 0.3 is 0 Å². The van der Waals surface area contributed by atoms with E-state index in [1.54, 1.807) is 26.2 Å². The van der Waals surface area contributed by atoms with E-state index < -0.39 is 6.04 Å². The second kappa shape index (κ2) is 5.82. The van der Waals surface area contributed by atoms with Crippen LogP contribution >= 0.6 is 0 Å². The van der Waals surface area contributed by atoms with Crippen molar-refractivity contribution in [2.45, 2.75) is 26.0 Å². The Morgan fingerprint density at radius 1 is 1.38 bits per heavy atom. The number of benzene rings is 1. The van der Waals surface area contributed by atoms with Crippen molar-refractivity contribution in [3.8, 4) is 5.75 Å². The van der Waals surface area contributed by atoms with Gasteiger partial charge in [0.25, 0.3) is 0 Å². The van der Waals surface area contributed by atoms with Gasteiger partial charge in [-0.3, -0.25) is 0 Å². The predicted octanol–water partition coefficient (Wildman–Crippen LogP) is 2.26. The molecular weight excluding hydrogens is 209 g/mol. The smallest absolute Gasteiger partial charge is 0.131 e. The topological polar surface area (TPSA) is 44.5 Å². The molecule has 0 aliphatic carbocycles. The molecule has 0 aliphatic heterocycles. The molecule has 0 radical (unpaired) electrons. The molecule has 1 rings (SSSR count). The van der Waals surface area contributed by atoms with Crippen LogP contribution in [0.3, 0.4) is 0 Å². The summed E-state index contributed by atoms with van der Waals surface area (Å²) in [6, 6.07) is 4.31. The van der Waals surface area contributed by atoms with E-state index in [2.05, 4.69) is 0 Å². The third-order valence-electron chi connectivity index (χ3n) is 2.20. The molecule has 0 saturated heterocycles. The zero-order valence-electron chi connectivity index (χ0n) is 9.87. The summed E-state index contributed by atoms with van der Waals surface area (Å²) >= 11 is 0. The summed E-state index contributed by atoms with van der Waals surface area (Å²) in [6.45, 7) is 4.04. The molecule has 2 N–H and O–H groups in total. The average Bonchev–Trinajstić information content (AvgIpc) is 2.17. The van der Waals surface area contributed by atoms with Crippen LogP contribution in [-0.4, -0.2) is 19.8 Å². The van der Waals surface area contributed by atoms with Gasteiger partial charge in [0.15, 0.2) is 0 Å². The molecule has 0 bridgehead atoms. The number of halogens is 1. The second-order valence-corrected chi connectivity index (χ2v) is 3.82. The Bertz CT molecular complexity index is 342. The highest BCUT2D eigenvalue weighted by Crippen LogP contribution is 2.27. The largest absolute Gasteiger partial charge is 0.488 e.